The van der Waals surface area contributed by atoms with Gasteiger partial charge in [0.2, 0.25) is 0 Å². The summed E-state index contributed by atoms with van der Waals surface area (Å²) in [6.45, 7) is 7.28. The van der Waals surface area contributed by atoms with Crippen molar-refractivity contribution in [3.05, 3.63) is 36.9 Å². The van der Waals surface area contributed by atoms with Crippen LogP contribution in [0.3, 0.4) is 0 Å². The van der Waals surface area contributed by atoms with Crippen LogP contribution in [0, 0.1) is 0 Å². The van der Waals surface area contributed by atoms with Crippen molar-refractivity contribution in [2.75, 3.05) is 20.3 Å². The van der Waals surface area contributed by atoms with Gasteiger partial charge in [-0.1, -0.05) is 18.2 Å². The Morgan fingerprint density at radius 3 is 2.71 bits per heavy atom. The van der Waals surface area contributed by atoms with Crippen molar-refractivity contribution in [2.45, 2.75) is 19.4 Å². The first-order valence-electron chi connectivity index (χ1n) is 5.88. The zero-order valence-corrected chi connectivity index (χ0v) is 10.6. The average Bonchev–Trinajstić information content (AvgIpc) is 2.35. The van der Waals surface area contributed by atoms with Crippen LogP contribution < -0.4 is 14.8 Å². The highest BCUT2D eigenvalue weighted by Gasteiger charge is 2.02. The fraction of sp³-hybridized carbons (Fsp3) is 0.429. The SMILES string of the molecule is C=CCC(C)NCCOc1ccccc1OC. The Kier molecular flexibility index (Phi) is 6.18. The Bertz CT molecular complexity index is 339. The third kappa shape index (κ3) is 4.91. The number of methoxy groups -OCH3 is 1. The first-order chi connectivity index (χ1) is 8.27. The predicted molar refractivity (Wildman–Crippen MR) is 70.8 cm³/mol. The van der Waals surface area contributed by atoms with Crippen LogP contribution in [0.5, 0.6) is 11.5 Å². The third-order valence-corrected chi connectivity index (χ3v) is 2.44. The summed E-state index contributed by atoms with van der Waals surface area (Å²) in [6.07, 6.45) is 2.88. The first-order valence-corrected chi connectivity index (χ1v) is 5.88. The van der Waals surface area contributed by atoms with E-state index in [1.165, 1.54) is 0 Å². The summed E-state index contributed by atoms with van der Waals surface area (Å²) >= 11 is 0. The van der Waals surface area contributed by atoms with Crippen molar-refractivity contribution >= 4 is 0 Å². The molecular formula is C14H21NO2. The molecule has 3 heteroatoms. The van der Waals surface area contributed by atoms with Crippen LogP contribution >= 0.6 is 0 Å². The van der Waals surface area contributed by atoms with E-state index in [0.29, 0.717) is 12.6 Å². The number of rotatable bonds is 8. The minimum Gasteiger partial charge on any atom is -0.493 e. The van der Waals surface area contributed by atoms with E-state index >= 15 is 0 Å². The molecule has 1 aromatic carbocycles. The van der Waals surface area contributed by atoms with Crippen molar-refractivity contribution in [1.82, 2.24) is 5.32 Å². The Balaban J connectivity index is 2.28. The smallest absolute Gasteiger partial charge is 0.161 e. The van der Waals surface area contributed by atoms with Crippen LogP contribution in [0.15, 0.2) is 36.9 Å². The van der Waals surface area contributed by atoms with Gasteiger partial charge in [0.25, 0.3) is 0 Å². The molecule has 1 atom stereocenters. The maximum absolute atomic E-state index is 5.64. The fourth-order valence-corrected chi connectivity index (χ4v) is 1.54. The summed E-state index contributed by atoms with van der Waals surface area (Å²) in [5.74, 6) is 1.56. The van der Waals surface area contributed by atoms with Crippen molar-refractivity contribution < 1.29 is 9.47 Å². The van der Waals surface area contributed by atoms with E-state index in [9.17, 15) is 0 Å². The first kappa shape index (κ1) is 13.6. The van der Waals surface area contributed by atoms with Gasteiger partial charge in [0.05, 0.1) is 7.11 Å². The number of para-hydroxylation sites is 2. The molecule has 1 rings (SSSR count). The summed E-state index contributed by atoms with van der Waals surface area (Å²) in [5.41, 5.74) is 0. The average molecular weight is 235 g/mol. The van der Waals surface area contributed by atoms with Gasteiger partial charge < -0.3 is 14.8 Å². The molecule has 0 saturated heterocycles. The highest BCUT2D eigenvalue weighted by atomic mass is 16.5. The molecule has 94 valence electrons. The number of benzene rings is 1. The lowest BCUT2D eigenvalue weighted by atomic mass is 10.2. The van der Waals surface area contributed by atoms with Crippen LogP contribution in [0.4, 0.5) is 0 Å². The van der Waals surface area contributed by atoms with Gasteiger partial charge in [0, 0.05) is 12.6 Å². The molecule has 0 aromatic heterocycles. The molecule has 0 amide bonds. The molecule has 0 bridgehead atoms. The minimum atomic E-state index is 0.439. The Hall–Kier alpha value is -1.48. The molecule has 0 radical (unpaired) electrons. The molecule has 1 unspecified atom stereocenters. The fourth-order valence-electron chi connectivity index (χ4n) is 1.54. The van der Waals surface area contributed by atoms with E-state index in [1.807, 2.05) is 30.3 Å². The summed E-state index contributed by atoms with van der Waals surface area (Å²) in [5, 5.41) is 3.35. The Morgan fingerprint density at radius 2 is 2.06 bits per heavy atom. The molecule has 0 aliphatic carbocycles. The van der Waals surface area contributed by atoms with Gasteiger partial charge in [0.1, 0.15) is 6.61 Å². The van der Waals surface area contributed by atoms with Crippen LogP contribution in [-0.4, -0.2) is 26.3 Å². The summed E-state index contributed by atoms with van der Waals surface area (Å²) in [6, 6.07) is 8.10. The van der Waals surface area contributed by atoms with Gasteiger partial charge in [-0.05, 0) is 25.5 Å². The maximum Gasteiger partial charge on any atom is 0.161 e. The largest absolute Gasteiger partial charge is 0.493 e. The van der Waals surface area contributed by atoms with Gasteiger partial charge in [-0.3, -0.25) is 0 Å². The summed E-state index contributed by atoms with van der Waals surface area (Å²) in [7, 11) is 1.65. The van der Waals surface area contributed by atoms with Crippen LogP contribution in [0.25, 0.3) is 0 Å². The van der Waals surface area contributed by atoms with Crippen molar-refractivity contribution in [3.63, 3.8) is 0 Å². The third-order valence-electron chi connectivity index (χ3n) is 2.44. The molecule has 0 spiro atoms. The van der Waals surface area contributed by atoms with Crippen molar-refractivity contribution in [1.29, 1.82) is 0 Å². The highest BCUT2D eigenvalue weighted by molar-refractivity contribution is 5.39. The van der Waals surface area contributed by atoms with E-state index in [4.69, 9.17) is 9.47 Å². The molecule has 0 heterocycles. The van der Waals surface area contributed by atoms with E-state index in [1.54, 1.807) is 7.11 Å². The second-order valence-corrected chi connectivity index (χ2v) is 3.88. The summed E-state index contributed by atoms with van der Waals surface area (Å²) < 4.78 is 10.8. The monoisotopic (exact) mass is 235 g/mol. The number of ether oxygens (including phenoxy) is 2. The molecule has 3 nitrogen and oxygen atoms in total. The highest BCUT2D eigenvalue weighted by Crippen LogP contribution is 2.25. The molecule has 0 aliphatic heterocycles. The predicted octanol–water partition coefficient (Wildman–Crippen LogP) is 2.63. The van der Waals surface area contributed by atoms with Crippen LogP contribution in [0.1, 0.15) is 13.3 Å². The standard InChI is InChI=1S/C14H21NO2/c1-4-7-12(2)15-10-11-17-14-9-6-5-8-13(14)16-3/h4-6,8-9,12,15H,1,7,10-11H2,2-3H3. The molecule has 0 aliphatic rings. The van der Waals surface area contributed by atoms with E-state index in [-0.39, 0.29) is 0 Å². The quantitative estimate of drug-likeness (QED) is 0.555. The maximum atomic E-state index is 5.64. The second kappa shape index (κ2) is 7.74. The number of nitrogens with one attached hydrogen (secondary N) is 1. The molecule has 0 saturated carbocycles. The Labute approximate surface area is 103 Å². The Morgan fingerprint density at radius 1 is 1.35 bits per heavy atom. The topological polar surface area (TPSA) is 30.5 Å². The lowest BCUT2D eigenvalue weighted by Gasteiger charge is -2.13. The van der Waals surface area contributed by atoms with Crippen LogP contribution in [0.2, 0.25) is 0 Å². The van der Waals surface area contributed by atoms with Gasteiger partial charge in [-0.25, -0.2) is 0 Å². The molecule has 1 aromatic rings. The van der Waals surface area contributed by atoms with Crippen LogP contribution in [-0.2, 0) is 0 Å². The molecule has 0 fully saturated rings. The van der Waals surface area contributed by atoms with Crippen molar-refractivity contribution in [3.8, 4) is 11.5 Å². The second-order valence-electron chi connectivity index (χ2n) is 3.88. The number of hydrogen-bond donors (Lipinski definition) is 1. The normalized spacial score (nSPS) is 11.9. The minimum absolute atomic E-state index is 0.439. The van der Waals surface area contributed by atoms with E-state index < -0.39 is 0 Å². The zero-order chi connectivity index (χ0) is 12.5. The summed E-state index contributed by atoms with van der Waals surface area (Å²) in [4.78, 5) is 0. The lowest BCUT2D eigenvalue weighted by Crippen LogP contribution is -2.29. The zero-order valence-electron chi connectivity index (χ0n) is 10.6. The number of hydrogen-bond acceptors (Lipinski definition) is 3. The van der Waals surface area contributed by atoms with Gasteiger partial charge >= 0.3 is 0 Å². The van der Waals surface area contributed by atoms with E-state index in [2.05, 4.69) is 18.8 Å². The van der Waals surface area contributed by atoms with Gasteiger partial charge in [-0.2, -0.15) is 0 Å². The van der Waals surface area contributed by atoms with Gasteiger partial charge in [-0.15, -0.1) is 6.58 Å². The van der Waals surface area contributed by atoms with E-state index in [0.717, 1.165) is 24.5 Å². The molecule has 17 heavy (non-hydrogen) atoms. The molecular weight excluding hydrogens is 214 g/mol. The van der Waals surface area contributed by atoms with Gasteiger partial charge in [0.15, 0.2) is 11.5 Å². The lowest BCUT2D eigenvalue weighted by molar-refractivity contribution is 0.287. The van der Waals surface area contributed by atoms with Crippen molar-refractivity contribution in [2.24, 2.45) is 0 Å². The molecule has 1 N–H and O–H groups in total.